The molecule has 11 nitrogen and oxygen atoms in total. The third-order valence-corrected chi connectivity index (χ3v) is 11.9. The summed E-state index contributed by atoms with van der Waals surface area (Å²) in [5.41, 5.74) is 7.06. The SMILES string of the molecule is CNC(=O)C(CCC=O)N(C)C(=O)c1cc2c(cc1C=O)CN(CC(=O)N1CCCC(Oc3ccc(C4c5ccc(O)cc5CCC4c4ccccc4)cc3)C1)C2. The molecule has 0 spiro atoms. The van der Waals surface area contributed by atoms with Crippen molar-refractivity contribution in [3.63, 3.8) is 0 Å². The number of carbonyl (C=O) groups excluding carboxylic acids is 5. The maximum Gasteiger partial charge on any atom is 0.255 e. The number of ether oxygens (including phenoxy) is 1. The van der Waals surface area contributed by atoms with Crippen LogP contribution in [0.2, 0.25) is 0 Å². The Kier molecular flexibility index (Phi) is 12.1. The van der Waals surface area contributed by atoms with Crippen molar-refractivity contribution in [2.24, 2.45) is 0 Å². The van der Waals surface area contributed by atoms with Crippen LogP contribution >= 0.6 is 0 Å². The van der Waals surface area contributed by atoms with E-state index in [0.717, 1.165) is 42.6 Å². The van der Waals surface area contributed by atoms with Crippen LogP contribution in [0.5, 0.6) is 11.5 Å². The zero-order chi connectivity index (χ0) is 40.1. The molecule has 11 heteroatoms. The van der Waals surface area contributed by atoms with Gasteiger partial charge in [0.1, 0.15) is 29.9 Å². The summed E-state index contributed by atoms with van der Waals surface area (Å²) in [6, 6.07) is 27.3. The van der Waals surface area contributed by atoms with Crippen LogP contribution in [0.4, 0.5) is 0 Å². The summed E-state index contributed by atoms with van der Waals surface area (Å²) in [4.78, 5) is 68.1. The molecule has 4 unspecified atom stereocenters. The lowest BCUT2D eigenvalue weighted by atomic mass is 9.69. The minimum atomic E-state index is -0.865. The van der Waals surface area contributed by atoms with Crippen molar-refractivity contribution in [3.8, 4) is 11.5 Å². The van der Waals surface area contributed by atoms with Crippen LogP contribution in [0.15, 0.2) is 84.9 Å². The van der Waals surface area contributed by atoms with Crippen LogP contribution in [0.25, 0.3) is 0 Å². The van der Waals surface area contributed by atoms with Gasteiger partial charge in [0.2, 0.25) is 11.8 Å². The molecule has 0 radical (unpaired) electrons. The Morgan fingerprint density at radius 1 is 0.930 bits per heavy atom. The average Bonchev–Trinajstić information content (AvgIpc) is 3.64. The molecule has 3 aliphatic rings. The Balaban J connectivity index is 0.982. The Hall–Kier alpha value is -5.81. The number of carbonyl (C=O) groups is 5. The number of benzene rings is 4. The van der Waals surface area contributed by atoms with E-state index < -0.39 is 17.9 Å². The number of nitrogens with zero attached hydrogens (tertiary/aromatic N) is 3. The number of likely N-dealkylation sites (N-methyl/N-ethyl adjacent to an activating group) is 2. The van der Waals surface area contributed by atoms with Gasteiger partial charge in [0, 0.05) is 51.6 Å². The summed E-state index contributed by atoms with van der Waals surface area (Å²) in [7, 11) is 2.97. The number of piperidine rings is 1. The highest BCUT2D eigenvalue weighted by Crippen LogP contribution is 2.47. The topological polar surface area (TPSA) is 137 Å². The third kappa shape index (κ3) is 8.63. The normalized spacial score (nSPS) is 19.5. The van der Waals surface area contributed by atoms with Crippen LogP contribution in [0, 0.1) is 0 Å². The summed E-state index contributed by atoms with van der Waals surface area (Å²) >= 11 is 0. The fourth-order valence-electron chi connectivity index (χ4n) is 8.94. The predicted molar refractivity (Wildman–Crippen MR) is 215 cm³/mol. The van der Waals surface area contributed by atoms with Gasteiger partial charge in [0.05, 0.1) is 18.7 Å². The molecule has 0 bridgehead atoms. The van der Waals surface area contributed by atoms with Crippen molar-refractivity contribution in [1.29, 1.82) is 0 Å². The van der Waals surface area contributed by atoms with E-state index in [-0.39, 0.29) is 48.4 Å². The Morgan fingerprint density at radius 2 is 1.68 bits per heavy atom. The number of hydrogen-bond acceptors (Lipinski definition) is 8. The smallest absolute Gasteiger partial charge is 0.255 e. The maximum atomic E-state index is 13.7. The molecule has 4 aromatic rings. The number of hydrogen-bond donors (Lipinski definition) is 2. The van der Waals surface area contributed by atoms with Gasteiger partial charge in [-0.25, -0.2) is 0 Å². The molecule has 7 rings (SSSR count). The number of aryl methyl sites for hydroxylation is 1. The van der Waals surface area contributed by atoms with Crippen molar-refractivity contribution in [1.82, 2.24) is 20.0 Å². The van der Waals surface area contributed by atoms with Crippen LogP contribution in [-0.2, 0) is 33.9 Å². The molecule has 57 heavy (non-hydrogen) atoms. The van der Waals surface area contributed by atoms with Crippen molar-refractivity contribution in [2.45, 2.75) is 75.6 Å². The lowest BCUT2D eigenvalue weighted by Gasteiger charge is -2.35. The van der Waals surface area contributed by atoms with Gasteiger partial charge in [-0.05, 0) is 108 Å². The van der Waals surface area contributed by atoms with E-state index in [1.807, 2.05) is 34.1 Å². The summed E-state index contributed by atoms with van der Waals surface area (Å²) in [6.45, 7) is 2.21. The Morgan fingerprint density at radius 3 is 2.40 bits per heavy atom. The number of amides is 3. The Bertz CT molecular complexity index is 2120. The second kappa shape index (κ2) is 17.5. The molecular weight excluding hydrogens is 721 g/mol. The van der Waals surface area contributed by atoms with Crippen LogP contribution < -0.4 is 10.1 Å². The van der Waals surface area contributed by atoms with Crippen LogP contribution in [0.1, 0.15) is 98.0 Å². The maximum absolute atomic E-state index is 13.7. The number of rotatable bonds is 13. The number of aromatic hydroxyl groups is 1. The first-order chi connectivity index (χ1) is 27.7. The first kappa shape index (κ1) is 39.4. The zero-order valence-corrected chi connectivity index (χ0v) is 32.6. The van der Waals surface area contributed by atoms with Crippen molar-refractivity contribution in [3.05, 3.63) is 129 Å². The largest absolute Gasteiger partial charge is 0.508 e. The molecule has 3 amide bonds. The first-order valence-corrected chi connectivity index (χ1v) is 19.8. The van der Waals surface area contributed by atoms with E-state index in [2.05, 4.69) is 47.8 Å². The lowest BCUT2D eigenvalue weighted by Crippen LogP contribution is -2.47. The van der Waals surface area contributed by atoms with Gasteiger partial charge in [-0.15, -0.1) is 0 Å². The number of fused-ring (bicyclic) bond motifs is 2. The number of phenolic OH excluding ortho intramolecular Hbond substituents is 1. The Labute approximate surface area is 333 Å². The van der Waals surface area contributed by atoms with Crippen LogP contribution in [-0.4, -0.2) is 96.0 Å². The van der Waals surface area contributed by atoms with Gasteiger partial charge in [0.15, 0.2) is 6.29 Å². The lowest BCUT2D eigenvalue weighted by molar-refractivity contribution is -0.135. The second-order valence-corrected chi connectivity index (χ2v) is 15.5. The van der Waals surface area contributed by atoms with E-state index in [4.69, 9.17) is 4.74 Å². The van der Waals surface area contributed by atoms with E-state index in [9.17, 15) is 29.1 Å². The highest BCUT2D eigenvalue weighted by Gasteiger charge is 2.34. The van der Waals surface area contributed by atoms with Gasteiger partial charge in [0.25, 0.3) is 5.91 Å². The molecule has 0 saturated carbocycles. The summed E-state index contributed by atoms with van der Waals surface area (Å²) in [6.07, 6.45) is 5.04. The van der Waals surface area contributed by atoms with E-state index in [0.29, 0.717) is 50.4 Å². The van der Waals surface area contributed by atoms with Gasteiger partial charge >= 0.3 is 0 Å². The molecule has 1 fully saturated rings. The summed E-state index contributed by atoms with van der Waals surface area (Å²) in [5.74, 6) is 0.624. The molecule has 4 atom stereocenters. The van der Waals surface area contributed by atoms with Crippen molar-refractivity contribution >= 4 is 30.3 Å². The van der Waals surface area contributed by atoms with Gasteiger partial charge in [-0.3, -0.25) is 24.1 Å². The summed E-state index contributed by atoms with van der Waals surface area (Å²) < 4.78 is 6.48. The van der Waals surface area contributed by atoms with Crippen molar-refractivity contribution < 1.29 is 33.8 Å². The van der Waals surface area contributed by atoms with Crippen LogP contribution in [0.3, 0.4) is 0 Å². The fraction of sp³-hybridized carbons (Fsp3) is 0.370. The van der Waals surface area contributed by atoms with E-state index in [1.54, 1.807) is 18.2 Å². The molecule has 1 saturated heterocycles. The zero-order valence-electron chi connectivity index (χ0n) is 32.6. The van der Waals surface area contributed by atoms with E-state index >= 15 is 0 Å². The standard InChI is InChI=1S/C46H50N4O7/c1-47-45(55)42(11-7-21-51)48(2)46(56)41-24-34-26-49(25-33(34)22-35(41)29-52)28-43(54)50-20-6-10-38(27-50)57-37-16-12-31(13-17-37)44-39(30-8-4-3-5-9-30)18-14-32-23-36(53)15-19-40(32)44/h3-5,8-9,12-13,15-17,19,21-24,29,38-39,42,44,53H,6-7,10-11,14,18,20,25-28H2,1-2H3,(H,47,55). The molecule has 0 aromatic heterocycles. The highest BCUT2D eigenvalue weighted by molar-refractivity contribution is 6.03. The second-order valence-electron chi connectivity index (χ2n) is 15.5. The number of phenols is 1. The molecule has 296 valence electrons. The fourth-order valence-corrected chi connectivity index (χ4v) is 8.94. The summed E-state index contributed by atoms with van der Waals surface area (Å²) in [5, 5.41) is 12.8. The number of aldehydes is 2. The first-order valence-electron chi connectivity index (χ1n) is 19.8. The van der Waals surface area contributed by atoms with Crippen molar-refractivity contribution in [2.75, 3.05) is 33.7 Å². The molecule has 2 heterocycles. The molecular formula is C46H50N4O7. The average molecular weight is 771 g/mol. The van der Waals surface area contributed by atoms with Gasteiger partial charge in [-0.1, -0.05) is 48.5 Å². The molecule has 4 aromatic carbocycles. The monoisotopic (exact) mass is 770 g/mol. The highest BCUT2D eigenvalue weighted by atomic mass is 16.5. The molecule has 1 aliphatic carbocycles. The minimum Gasteiger partial charge on any atom is -0.508 e. The minimum absolute atomic E-state index is 0.00403. The predicted octanol–water partition coefficient (Wildman–Crippen LogP) is 5.62. The molecule has 2 N–H and O–H groups in total. The third-order valence-electron chi connectivity index (χ3n) is 11.9. The molecule has 2 aliphatic heterocycles. The number of nitrogens with one attached hydrogen (secondary N) is 1. The number of likely N-dealkylation sites (tertiary alicyclic amines) is 1. The van der Waals surface area contributed by atoms with Gasteiger partial charge < -0.3 is 29.8 Å². The van der Waals surface area contributed by atoms with E-state index in [1.165, 1.54) is 41.2 Å². The van der Waals surface area contributed by atoms with Gasteiger partial charge in [-0.2, -0.15) is 0 Å². The quantitative estimate of drug-likeness (QED) is 0.168.